The first-order valence-electron chi connectivity index (χ1n) is 8.85. The van der Waals surface area contributed by atoms with Crippen LogP contribution in [0.3, 0.4) is 0 Å². The number of methoxy groups -OCH3 is 1. The molecule has 3 aromatic carbocycles. The van der Waals surface area contributed by atoms with Crippen molar-refractivity contribution in [2.75, 3.05) is 7.11 Å². The fraction of sp³-hybridized carbons (Fsp3) is 0.182. The average molecular weight is 455 g/mol. The van der Waals surface area contributed by atoms with Crippen molar-refractivity contribution in [1.29, 1.82) is 0 Å². The zero-order valence-electron chi connectivity index (χ0n) is 15.6. The molecule has 0 aromatic heterocycles. The van der Waals surface area contributed by atoms with E-state index >= 15 is 0 Å². The van der Waals surface area contributed by atoms with E-state index in [2.05, 4.69) is 5.32 Å². The van der Waals surface area contributed by atoms with Crippen molar-refractivity contribution in [3.05, 3.63) is 92.2 Å². The van der Waals surface area contributed by atoms with Crippen LogP contribution in [0.25, 0.3) is 0 Å². The van der Waals surface area contributed by atoms with Gasteiger partial charge in [0.15, 0.2) is 11.5 Å². The molecule has 3 rings (SSSR count). The summed E-state index contributed by atoms with van der Waals surface area (Å²) in [5.74, 6) is 0.794. The Kier molecular flexibility index (Phi) is 7.62. The molecule has 3 aromatic rings. The lowest BCUT2D eigenvalue weighted by Gasteiger charge is -2.15. The number of nitrogens with one attached hydrogen (secondary N) is 1. The molecule has 0 aliphatic heterocycles. The van der Waals surface area contributed by atoms with Crippen LogP contribution < -0.4 is 14.8 Å². The predicted octanol–water partition coefficient (Wildman–Crippen LogP) is 6.66. The van der Waals surface area contributed by atoms with Crippen molar-refractivity contribution in [3.63, 3.8) is 0 Å². The van der Waals surface area contributed by atoms with Gasteiger partial charge in [0.05, 0.1) is 7.11 Å². The van der Waals surface area contributed by atoms with Crippen LogP contribution in [0.2, 0.25) is 15.1 Å². The Balaban J connectivity index is 1.67. The standard InChI is InChI=1S/C22H19Cl3FNO2/c1-28-21-9-15(12-27-11-14-5-7-16(26)8-6-14)20(25)10-22(21)29-13-17-18(23)3-2-4-19(17)24/h2-10,27H,11-13H2,1H3. The molecule has 0 bridgehead atoms. The van der Waals surface area contributed by atoms with Crippen molar-refractivity contribution in [1.82, 2.24) is 5.32 Å². The maximum Gasteiger partial charge on any atom is 0.163 e. The van der Waals surface area contributed by atoms with E-state index in [1.165, 1.54) is 12.1 Å². The Bertz CT molecular complexity index is 960. The molecule has 0 fully saturated rings. The van der Waals surface area contributed by atoms with E-state index in [0.29, 0.717) is 45.2 Å². The summed E-state index contributed by atoms with van der Waals surface area (Å²) in [7, 11) is 1.56. The van der Waals surface area contributed by atoms with Gasteiger partial charge in [0.1, 0.15) is 12.4 Å². The fourth-order valence-corrected chi connectivity index (χ4v) is 3.48. The highest BCUT2D eigenvalue weighted by Crippen LogP contribution is 2.35. The van der Waals surface area contributed by atoms with Crippen molar-refractivity contribution < 1.29 is 13.9 Å². The third kappa shape index (κ3) is 5.77. The van der Waals surface area contributed by atoms with E-state index in [-0.39, 0.29) is 12.4 Å². The summed E-state index contributed by atoms with van der Waals surface area (Å²) in [4.78, 5) is 0. The van der Waals surface area contributed by atoms with Gasteiger partial charge in [-0.15, -0.1) is 0 Å². The number of hydrogen-bond donors (Lipinski definition) is 1. The molecule has 152 valence electrons. The van der Waals surface area contributed by atoms with E-state index in [1.807, 2.05) is 6.07 Å². The van der Waals surface area contributed by atoms with Crippen LogP contribution in [0.15, 0.2) is 54.6 Å². The van der Waals surface area contributed by atoms with E-state index < -0.39 is 0 Å². The van der Waals surface area contributed by atoms with Gasteiger partial charge in [-0.1, -0.05) is 53.0 Å². The minimum Gasteiger partial charge on any atom is -0.493 e. The molecule has 0 radical (unpaired) electrons. The Hall–Kier alpha value is -1.98. The van der Waals surface area contributed by atoms with Gasteiger partial charge in [-0.2, -0.15) is 0 Å². The second-order valence-electron chi connectivity index (χ2n) is 6.31. The molecule has 0 heterocycles. The van der Waals surface area contributed by atoms with Crippen LogP contribution >= 0.6 is 34.8 Å². The van der Waals surface area contributed by atoms with Crippen LogP contribution in [-0.4, -0.2) is 7.11 Å². The second-order valence-corrected chi connectivity index (χ2v) is 7.53. The molecule has 7 heteroatoms. The summed E-state index contributed by atoms with van der Waals surface area (Å²) >= 11 is 18.8. The maximum atomic E-state index is 13.0. The first-order valence-corrected chi connectivity index (χ1v) is 9.98. The minimum atomic E-state index is -0.254. The fourth-order valence-electron chi connectivity index (χ4n) is 2.75. The van der Waals surface area contributed by atoms with Crippen LogP contribution in [-0.2, 0) is 19.7 Å². The van der Waals surface area contributed by atoms with Crippen molar-refractivity contribution >= 4 is 34.8 Å². The van der Waals surface area contributed by atoms with Gasteiger partial charge < -0.3 is 14.8 Å². The molecule has 0 unspecified atom stereocenters. The predicted molar refractivity (Wildman–Crippen MR) is 116 cm³/mol. The molecule has 3 nitrogen and oxygen atoms in total. The highest BCUT2D eigenvalue weighted by molar-refractivity contribution is 6.36. The molecular formula is C22H19Cl3FNO2. The number of halogens is 4. The Morgan fingerprint density at radius 3 is 2.21 bits per heavy atom. The molecule has 29 heavy (non-hydrogen) atoms. The zero-order chi connectivity index (χ0) is 20.8. The SMILES string of the molecule is COc1cc(CNCc2ccc(F)cc2)c(Cl)cc1OCc1c(Cl)cccc1Cl. The molecule has 0 atom stereocenters. The molecule has 0 spiro atoms. The summed E-state index contributed by atoms with van der Waals surface area (Å²) in [5.41, 5.74) is 2.53. The molecule has 0 aliphatic rings. The van der Waals surface area contributed by atoms with Gasteiger partial charge in [-0.05, 0) is 41.5 Å². The lowest BCUT2D eigenvalue weighted by atomic mass is 10.1. The summed E-state index contributed by atoms with van der Waals surface area (Å²) in [6.45, 7) is 1.29. The molecule has 0 saturated heterocycles. The third-order valence-corrected chi connectivity index (χ3v) is 5.38. The maximum absolute atomic E-state index is 13.0. The quantitative estimate of drug-likeness (QED) is 0.412. The third-order valence-electron chi connectivity index (χ3n) is 4.32. The lowest BCUT2D eigenvalue weighted by molar-refractivity contribution is 0.284. The summed E-state index contributed by atoms with van der Waals surface area (Å²) in [6, 6.07) is 15.2. The Morgan fingerprint density at radius 1 is 0.862 bits per heavy atom. The monoisotopic (exact) mass is 453 g/mol. The highest BCUT2D eigenvalue weighted by atomic mass is 35.5. The second kappa shape index (κ2) is 10.2. The smallest absolute Gasteiger partial charge is 0.163 e. The minimum absolute atomic E-state index is 0.188. The topological polar surface area (TPSA) is 30.5 Å². The van der Waals surface area contributed by atoms with Crippen molar-refractivity contribution in [3.8, 4) is 11.5 Å². The molecule has 1 N–H and O–H groups in total. The number of ether oxygens (including phenoxy) is 2. The van der Waals surface area contributed by atoms with Gasteiger partial charge in [0, 0.05) is 39.8 Å². The largest absolute Gasteiger partial charge is 0.493 e. The highest BCUT2D eigenvalue weighted by Gasteiger charge is 2.13. The van der Waals surface area contributed by atoms with E-state index in [4.69, 9.17) is 44.3 Å². The van der Waals surface area contributed by atoms with Gasteiger partial charge in [0.25, 0.3) is 0 Å². The molecule has 0 amide bonds. The van der Waals surface area contributed by atoms with Gasteiger partial charge >= 0.3 is 0 Å². The average Bonchev–Trinajstić information content (AvgIpc) is 2.70. The summed E-state index contributed by atoms with van der Waals surface area (Å²) < 4.78 is 24.3. The molecular weight excluding hydrogens is 436 g/mol. The number of hydrogen-bond acceptors (Lipinski definition) is 3. The van der Waals surface area contributed by atoms with E-state index in [1.54, 1.807) is 43.5 Å². The molecule has 0 aliphatic carbocycles. The Morgan fingerprint density at radius 2 is 1.55 bits per heavy atom. The van der Waals surface area contributed by atoms with Gasteiger partial charge in [0.2, 0.25) is 0 Å². The zero-order valence-corrected chi connectivity index (χ0v) is 17.9. The number of benzene rings is 3. The molecule has 0 saturated carbocycles. The van der Waals surface area contributed by atoms with Crippen LogP contribution in [0.5, 0.6) is 11.5 Å². The van der Waals surface area contributed by atoms with Crippen LogP contribution in [0, 0.1) is 5.82 Å². The Labute approximate surface area is 184 Å². The van der Waals surface area contributed by atoms with Gasteiger partial charge in [-0.3, -0.25) is 0 Å². The van der Waals surface area contributed by atoms with E-state index in [0.717, 1.165) is 11.1 Å². The lowest BCUT2D eigenvalue weighted by Crippen LogP contribution is -2.13. The number of rotatable bonds is 8. The van der Waals surface area contributed by atoms with Crippen LogP contribution in [0.4, 0.5) is 4.39 Å². The van der Waals surface area contributed by atoms with Crippen molar-refractivity contribution in [2.24, 2.45) is 0 Å². The van der Waals surface area contributed by atoms with E-state index in [9.17, 15) is 4.39 Å². The first-order chi connectivity index (χ1) is 14.0. The first kappa shape index (κ1) is 21.7. The normalized spacial score (nSPS) is 10.8. The summed E-state index contributed by atoms with van der Waals surface area (Å²) in [5, 5.41) is 4.89. The van der Waals surface area contributed by atoms with Crippen LogP contribution in [0.1, 0.15) is 16.7 Å². The van der Waals surface area contributed by atoms with Crippen molar-refractivity contribution in [2.45, 2.75) is 19.7 Å². The summed E-state index contributed by atoms with van der Waals surface area (Å²) in [6.07, 6.45) is 0. The van der Waals surface area contributed by atoms with Gasteiger partial charge in [-0.25, -0.2) is 4.39 Å².